The number of anilines is 2. The molecule has 98 valence electrons. The van der Waals surface area contributed by atoms with Crippen LogP contribution >= 0.6 is 15.9 Å². The third-order valence-corrected chi connectivity index (χ3v) is 4.49. The van der Waals surface area contributed by atoms with Crippen molar-refractivity contribution in [3.8, 4) is 0 Å². The monoisotopic (exact) mass is 309 g/mol. The molecule has 1 unspecified atom stereocenters. The fourth-order valence-corrected chi connectivity index (χ4v) is 3.76. The van der Waals surface area contributed by atoms with Crippen LogP contribution < -0.4 is 15.1 Å². The molecule has 1 fully saturated rings. The molecule has 2 aliphatic rings. The van der Waals surface area contributed by atoms with Gasteiger partial charge in [0, 0.05) is 37.2 Å². The number of aryl methyl sites for hydroxylation is 1. The molecule has 0 radical (unpaired) electrons. The minimum absolute atomic E-state index is 0.617. The number of rotatable bonds is 1. The van der Waals surface area contributed by atoms with Gasteiger partial charge in [0.1, 0.15) is 0 Å². The molecular formula is C14H20BrN3. The molecule has 1 atom stereocenters. The summed E-state index contributed by atoms with van der Waals surface area (Å²) in [7, 11) is 0. The molecule has 0 amide bonds. The summed E-state index contributed by atoms with van der Waals surface area (Å²) in [5, 5.41) is 3.51. The number of piperazine rings is 1. The summed E-state index contributed by atoms with van der Waals surface area (Å²) in [6.45, 7) is 9.99. The van der Waals surface area contributed by atoms with E-state index in [4.69, 9.17) is 0 Å². The summed E-state index contributed by atoms with van der Waals surface area (Å²) in [6, 6.07) is 5.12. The summed E-state index contributed by atoms with van der Waals surface area (Å²) in [5.41, 5.74) is 4.21. The number of likely N-dealkylation sites (N-methyl/N-ethyl adjacent to an activating group) is 1. The third-order valence-electron chi connectivity index (χ3n) is 4.04. The van der Waals surface area contributed by atoms with Crippen LogP contribution in [0.25, 0.3) is 0 Å². The zero-order valence-electron chi connectivity index (χ0n) is 11.0. The molecule has 4 heteroatoms. The van der Waals surface area contributed by atoms with Crippen molar-refractivity contribution in [3.63, 3.8) is 0 Å². The molecular weight excluding hydrogens is 290 g/mol. The molecule has 3 rings (SSSR count). The van der Waals surface area contributed by atoms with Gasteiger partial charge in [0.15, 0.2) is 0 Å². The van der Waals surface area contributed by atoms with Crippen molar-refractivity contribution in [3.05, 3.63) is 22.2 Å². The van der Waals surface area contributed by atoms with Crippen molar-refractivity contribution >= 4 is 27.3 Å². The van der Waals surface area contributed by atoms with E-state index in [0.29, 0.717) is 6.04 Å². The van der Waals surface area contributed by atoms with Gasteiger partial charge in [-0.15, -0.1) is 0 Å². The van der Waals surface area contributed by atoms with E-state index in [9.17, 15) is 0 Å². The molecule has 1 aromatic carbocycles. The average Bonchev–Trinajstić information content (AvgIpc) is 2.37. The Morgan fingerprint density at radius 2 is 2.28 bits per heavy atom. The fourth-order valence-electron chi connectivity index (χ4n) is 3.20. The minimum Gasteiger partial charge on any atom is -0.368 e. The van der Waals surface area contributed by atoms with Gasteiger partial charge in [-0.25, -0.2) is 0 Å². The van der Waals surface area contributed by atoms with Gasteiger partial charge in [-0.1, -0.05) is 15.9 Å². The number of benzene rings is 1. The van der Waals surface area contributed by atoms with Gasteiger partial charge in [0.05, 0.1) is 17.4 Å². The summed E-state index contributed by atoms with van der Waals surface area (Å²) in [5.74, 6) is 0. The maximum atomic E-state index is 3.63. The SMILES string of the molecule is CCN1CC2CNCCN2c2c(C)cc(Br)cc21. The predicted molar refractivity (Wildman–Crippen MR) is 80.8 cm³/mol. The molecule has 1 saturated heterocycles. The molecule has 2 aliphatic heterocycles. The fraction of sp³-hybridized carbons (Fsp3) is 0.571. The second-order valence-electron chi connectivity index (χ2n) is 5.18. The molecule has 0 spiro atoms. The number of halogens is 1. The normalized spacial score (nSPS) is 22.7. The number of fused-ring (bicyclic) bond motifs is 3. The van der Waals surface area contributed by atoms with E-state index in [2.05, 4.69) is 57.0 Å². The Hall–Kier alpha value is -0.740. The number of hydrogen-bond acceptors (Lipinski definition) is 3. The van der Waals surface area contributed by atoms with Crippen LogP contribution in [0, 0.1) is 6.92 Å². The van der Waals surface area contributed by atoms with Gasteiger partial charge in [-0.05, 0) is 31.5 Å². The van der Waals surface area contributed by atoms with Crippen LogP contribution in [0.3, 0.4) is 0 Å². The van der Waals surface area contributed by atoms with Gasteiger partial charge in [0.2, 0.25) is 0 Å². The molecule has 0 bridgehead atoms. The Kier molecular flexibility index (Phi) is 3.24. The van der Waals surface area contributed by atoms with E-state index < -0.39 is 0 Å². The highest BCUT2D eigenvalue weighted by Gasteiger charge is 2.32. The second kappa shape index (κ2) is 4.74. The minimum atomic E-state index is 0.617. The Labute approximate surface area is 117 Å². The Balaban J connectivity index is 2.11. The predicted octanol–water partition coefficient (Wildman–Crippen LogP) is 2.38. The number of hydrogen-bond donors (Lipinski definition) is 1. The van der Waals surface area contributed by atoms with E-state index in [0.717, 1.165) is 32.7 Å². The van der Waals surface area contributed by atoms with Crippen molar-refractivity contribution in [1.82, 2.24) is 5.32 Å². The lowest BCUT2D eigenvalue weighted by Gasteiger charge is -2.47. The lowest BCUT2D eigenvalue weighted by molar-refractivity contribution is 0.460. The van der Waals surface area contributed by atoms with Crippen molar-refractivity contribution in [2.45, 2.75) is 19.9 Å². The molecule has 0 aromatic heterocycles. The van der Waals surface area contributed by atoms with Gasteiger partial charge in [0.25, 0.3) is 0 Å². The maximum absolute atomic E-state index is 3.63. The Morgan fingerprint density at radius 3 is 3.06 bits per heavy atom. The van der Waals surface area contributed by atoms with Crippen LogP contribution in [0.2, 0.25) is 0 Å². The highest BCUT2D eigenvalue weighted by atomic mass is 79.9. The van der Waals surface area contributed by atoms with E-state index in [1.165, 1.54) is 21.4 Å². The first-order chi connectivity index (χ1) is 8.70. The van der Waals surface area contributed by atoms with Crippen LogP contribution in [-0.4, -0.2) is 38.8 Å². The summed E-state index contributed by atoms with van der Waals surface area (Å²) in [4.78, 5) is 5.10. The molecule has 18 heavy (non-hydrogen) atoms. The summed E-state index contributed by atoms with van der Waals surface area (Å²) in [6.07, 6.45) is 0. The standard InChI is InChI=1S/C14H20BrN3/c1-3-17-9-12-8-16-4-5-18(12)14-10(2)6-11(15)7-13(14)17/h6-7,12,16H,3-5,8-9H2,1-2H3. The summed E-state index contributed by atoms with van der Waals surface area (Å²) >= 11 is 3.63. The maximum Gasteiger partial charge on any atom is 0.0638 e. The van der Waals surface area contributed by atoms with Crippen LogP contribution in [0.4, 0.5) is 11.4 Å². The molecule has 0 aliphatic carbocycles. The summed E-state index contributed by atoms with van der Waals surface area (Å²) < 4.78 is 1.19. The lowest BCUT2D eigenvalue weighted by Crippen LogP contribution is -2.59. The van der Waals surface area contributed by atoms with Gasteiger partial charge in [-0.2, -0.15) is 0 Å². The topological polar surface area (TPSA) is 18.5 Å². The smallest absolute Gasteiger partial charge is 0.0638 e. The van der Waals surface area contributed by atoms with Gasteiger partial charge in [-0.3, -0.25) is 0 Å². The van der Waals surface area contributed by atoms with Crippen molar-refractivity contribution in [1.29, 1.82) is 0 Å². The van der Waals surface area contributed by atoms with E-state index in [1.807, 2.05) is 0 Å². The molecule has 0 saturated carbocycles. The van der Waals surface area contributed by atoms with Crippen molar-refractivity contribution < 1.29 is 0 Å². The molecule has 2 heterocycles. The zero-order chi connectivity index (χ0) is 12.7. The molecule has 1 aromatic rings. The largest absolute Gasteiger partial charge is 0.368 e. The zero-order valence-corrected chi connectivity index (χ0v) is 12.6. The quantitative estimate of drug-likeness (QED) is 0.859. The first-order valence-electron chi connectivity index (χ1n) is 6.73. The lowest BCUT2D eigenvalue weighted by atomic mass is 10.0. The van der Waals surface area contributed by atoms with Gasteiger partial charge >= 0.3 is 0 Å². The Morgan fingerprint density at radius 1 is 1.44 bits per heavy atom. The Bertz CT molecular complexity index is 461. The van der Waals surface area contributed by atoms with E-state index >= 15 is 0 Å². The van der Waals surface area contributed by atoms with E-state index in [1.54, 1.807) is 0 Å². The second-order valence-corrected chi connectivity index (χ2v) is 6.10. The van der Waals surface area contributed by atoms with Gasteiger partial charge < -0.3 is 15.1 Å². The highest BCUT2D eigenvalue weighted by Crippen LogP contribution is 2.40. The van der Waals surface area contributed by atoms with Crippen LogP contribution in [0.15, 0.2) is 16.6 Å². The first-order valence-corrected chi connectivity index (χ1v) is 7.52. The number of nitrogens with one attached hydrogen (secondary N) is 1. The van der Waals surface area contributed by atoms with Crippen molar-refractivity contribution in [2.24, 2.45) is 0 Å². The van der Waals surface area contributed by atoms with Crippen LogP contribution in [0.1, 0.15) is 12.5 Å². The number of nitrogens with zero attached hydrogens (tertiary/aromatic N) is 2. The third kappa shape index (κ3) is 1.91. The van der Waals surface area contributed by atoms with Crippen LogP contribution in [-0.2, 0) is 0 Å². The first kappa shape index (κ1) is 12.3. The highest BCUT2D eigenvalue weighted by molar-refractivity contribution is 9.10. The van der Waals surface area contributed by atoms with Crippen molar-refractivity contribution in [2.75, 3.05) is 42.5 Å². The molecule has 1 N–H and O–H groups in total. The molecule has 3 nitrogen and oxygen atoms in total. The van der Waals surface area contributed by atoms with E-state index in [-0.39, 0.29) is 0 Å². The van der Waals surface area contributed by atoms with Crippen LogP contribution in [0.5, 0.6) is 0 Å². The average molecular weight is 310 g/mol.